The van der Waals surface area contributed by atoms with Crippen LogP contribution in [-0.2, 0) is 22.7 Å². The first kappa shape index (κ1) is 19.7. The van der Waals surface area contributed by atoms with Crippen molar-refractivity contribution in [3.8, 4) is 0 Å². The Balaban J connectivity index is 1.28. The number of likely N-dealkylation sites (tertiary alicyclic amines) is 1. The molecule has 160 valence electrons. The Morgan fingerprint density at radius 2 is 1.90 bits per heavy atom. The van der Waals surface area contributed by atoms with Crippen LogP contribution in [0.1, 0.15) is 66.4 Å². The topological polar surface area (TPSA) is 81.8 Å². The third-order valence-electron chi connectivity index (χ3n) is 7.47. The molecule has 30 heavy (non-hydrogen) atoms. The summed E-state index contributed by atoms with van der Waals surface area (Å²) in [6.07, 6.45) is 6.97. The summed E-state index contributed by atoms with van der Waals surface area (Å²) < 4.78 is 0. The second kappa shape index (κ2) is 7.78. The molecule has 2 N–H and O–H groups in total. The first-order valence-corrected chi connectivity index (χ1v) is 11.3. The Hall–Kier alpha value is -2.25. The van der Waals surface area contributed by atoms with E-state index >= 15 is 0 Å². The average molecular weight is 411 g/mol. The van der Waals surface area contributed by atoms with Gasteiger partial charge in [0.15, 0.2) is 0 Å². The Morgan fingerprint density at radius 3 is 2.63 bits per heavy atom. The molecule has 0 aromatic heterocycles. The van der Waals surface area contributed by atoms with E-state index in [4.69, 9.17) is 0 Å². The van der Waals surface area contributed by atoms with Crippen molar-refractivity contribution in [1.82, 2.24) is 20.4 Å². The minimum atomic E-state index is -0.553. The van der Waals surface area contributed by atoms with Crippen LogP contribution in [-0.4, -0.2) is 58.7 Å². The Morgan fingerprint density at radius 1 is 1.07 bits per heavy atom. The standard InChI is InChI=1S/C23H30N4O3/c28-20-7-6-19(21(29)25-20)27-15-18-16(4-3-5-17(18)22(27)30)14-26-12-9-23(10-13-26)8-1-2-11-24-23/h3-5,19,24H,1-2,6-15H2,(H,25,28,29). The van der Waals surface area contributed by atoms with Gasteiger partial charge in [-0.1, -0.05) is 18.6 Å². The van der Waals surface area contributed by atoms with Gasteiger partial charge in [-0.3, -0.25) is 24.6 Å². The van der Waals surface area contributed by atoms with Crippen molar-refractivity contribution < 1.29 is 14.4 Å². The predicted octanol–water partition coefficient (Wildman–Crippen LogP) is 1.56. The molecular weight excluding hydrogens is 380 g/mol. The van der Waals surface area contributed by atoms with E-state index in [1.165, 1.54) is 37.7 Å². The van der Waals surface area contributed by atoms with Crippen LogP contribution in [0.15, 0.2) is 18.2 Å². The van der Waals surface area contributed by atoms with E-state index in [2.05, 4.69) is 21.6 Å². The maximum absolute atomic E-state index is 13.0. The molecule has 7 nitrogen and oxygen atoms in total. The summed E-state index contributed by atoms with van der Waals surface area (Å²) in [6, 6.07) is 5.38. The Labute approximate surface area is 177 Å². The van der Waals surface area contributed by atoms with E-state index in [9.17, 15) is 14.4 Å². The Bertz CT molecular complexity index is 867. The predicted molar refractivity (Wildman–Crippen MR) is 112 cm³/mol. The number of amides is 3. The number of nitrogens with one attached hydrogen (secondary N) is 2. The van der Waals surface area contributed by atoms with Crippen LogP contribution in [0.5, 0.6) is 0 Å². The van der Waals surface area contributed by atoms with Crippen molar-refractivity contribution in [3.05, 3.63) is 34.9 Å². The lowest BCUT2D eigenvalue weighted by atomic mass is 9.80. The summed E-state index contributed by atoms with van der Waals surface area (Å²) in [7, 11) is 0. The molecule has 4 aliphatic rings. The molecule has 0 radical (unpaired) electrons. The molecule has 1 aromatic rings. The van der Waals surface area contributed by atoms with Gasteiger partial charge < -0.3 is 10.2 Å². The van der Waals surface area contributed by atoms with Crippen molar-refractivity contribution in [3.63, 3.8) is 0 Å². The van der Waals surface area contributed by atoms with Gasteiger partial charge >= 0.3 is 0 Å². The second-order valence-corrected chi connectivity index (χ2v) is 9.28. The molecule has 1 atom stereocenters. The van der Waals surface area contributed by atoms with Gasteiger partial charge in [0, 0.05) is 43.7 Å². The van der Waals surface area contributed by atoms with Crippen molar-refractivity contribution in [2.24, 2.45) is 0 Å². The molecule has 7 heteroatoms. The molecule has 3 fully saturated rings. The summed E-state index contributed by atoms with van der Waals surface area (Å²) in [5.74, 6) is -0.697. The maximum atomic E-state index is 13.0. The molecule has 3 amide bonds. The van der Waals surface area contributed by atoms with Gasteiger partial charge in [0.25, 0.3) is 5.91 Å². The number of carbonyl (C=O) groups is 3. The number of piperidine rings is 3. The highest BCUT2D eigenvalue weighted by molar-refractivity contribution is 6.05. The fourth-order valence-electron chi connectivity index (χ4n) is 5.64. The molecule has 1 unspecified atom stereocenters. The molecule has 0 bridgehead atoms. The van der Waals surface area contributed by atoms with Crippen molar-refractivity contribution >= 4 is 17.7 Å². The van der Waals surface area contributed by atoms with Gasteiger partial charge in [-0.05, 0) is 55.8 Å². The lowest BCUT2D eigenvalue weighted by molar-refractivity contribution is -0.136. The van der Waals surface area contributed by atoms with Crippen LogP contribution in [0.25, 0.3) is 0 Å². The van der Waals surface area contributed by atoms with Crippen LogP contribution in [0.4, 0.5) is 0 Å². The molecule has 1 spiro atoms. The lowest BCUT2D eigenvalue weighted by Crippen LogP contribution is -2.55. The zero-order chi connectivity index (χ0) is 20.7. The summed E-state index contributed by atoms with van der Waals surface area (Å²) in [5.41, 5.74) is 3.28. The van der Waals surface area contributed by atoms with Crippen LogP contribution >= 0.6 is 0 Å². The number of hydrogen-bond donors (Lipinski definition) is 2. The molecule has 3 saturated heterocycles. The Kier molecular flexibility index (Phi) is 5.11. The van der Waals surface area contributed by atoms with Gasteiger partial charge in [0.1, 0.15) is 6.04 Å². The largest absolute Gasteiger partial charge is 0.322 e. The molecular formula is C23H30N4O3. The first-order valence-electron chi connectivity index (χ1n) is 11.3. The van der Waals surface area contributed by atoms with E-state index < -0.39 is 6.04 Å². The molecule has 4 heterocycles. The number of benzene rings is 1. The number of carbonyl (C=O) groups excluding carboxylic acids is 3. The normalized spacial score (nSPS) is 26.7. The average Bonchev–Trinajstić information content (AvgIpc) is 3.08. The SMILES string of the molecule is O=C1CCC(N2Cc3c(CN4CCC5(CCCCN5)CC4)cccc3C2=O)C(=O)N1. The molecule has 0 aliphatic carbocycles. The smallest absolute Gasteiger partial charge is 0.255 e. The second-order valence-electron chi connectivity index (χ2n) is 9.28. The highest BCUT2D eigenvalue weighted by Crippen LogP contribution is 2.33. The number of fused-ring (bicyclic) bond motifs is 1. The van der Waals surface area contributed by atoms with Crippen LogP contribution < -0.4 is 10.6 Å². The van der Waals surface area contributed by atoms with Crippen LogP contribution in [0, 0.1) is 0 Å². The molecule has 4 aliphatic heterocycles. The minimum absolute atomic E-state index is 0.0923. The molecule has 0 saturated carbocycles. The van der Waals surface area contributed by atoms with Crippen molar-refractivity contribution in [1.29, 1.82) is 0 Å². The summed E-state index contributed by atoms with van der Waals surface area (Å²) >= 11 is 0. The third-order valence-corrected chi connectivity index (χ3v) is 7.47. The summed E-state index contributed by atoms with van der Waals surface area (Å²) in [6.45, 7) is 4.58. The lowest BCUT2D eigenvalue weighted by Gasteiger charge is -2.45. The van der Waals surface area contributed by atoms with Crippen LogP contribution in [0.2, 0.25) is 0 Å². The van der Waals surface area contributed by atoms with Gasteiger partial charge in [0.05, 0.1) is 0 Å². The monoisotopic (exact) mass is 410 g/mol. The van der Waals surface area contributed by atoms with E-state index in [1.54, 1.807) is 4.90 Å². The fraction of sp³-hybridized carbons (Fsp3) is 0.609. The summed E-state index contributed by atoms with van der Waals surface area (Å²) in [5, 5.41) is 6.15. The van der Waals surface area contributed by atoms with Crippen LogP contribution in [0.3, 0.4) is 0 Å². The van der Waals surface area contributed by atoms with Gasteiger partial charge in [-0.2, -0.15) is 0 Å². The van der Waals surface area contributed by atoms with Gasteiger partial charge in [-0.25, -0.2) is 0 Å². The van der Waals surface area contributed by atoms with Gasteiger partial charge in [0.2, 0.25) is 11.8 Å². The number of nitrogens with zero attached hydrogens (tertiary/aromatic N) is 2. The zero-order valence-electron chi connectivity index (χ0n) is 17.4. The van der Waals surface area contributed by atoms with E-state index in [1.807, 2.05) is 12.1 Å². The minimum Gasteiger partial charge on any atom is -0.322 e. The van der Waals surface area contributed by atoms with Crippen molar-refractivity contribution in [2.75, 3.05) is 19.6 Å². The number of imide groups is 1. The quantitative estimate of drug-likeness (QED) is 0.739. The first-order chi connectivity index (χ1) is 14.5. The highest BCUT2D eigenvalue weighted by Gasteiger charge is 2.40. The molecule has 5 rings (SSSR count). The third kappa shape index (κ3) is 3.54. The fourth-order valence-corrected chi connectivity index (χ4v) is 5.64. The van der Waals surface area contributed by atoms with Gasteiger partial charge in [-0.15, -0.1) is 0 Å². The highest BCUT2D eigenvalue weighted by atomic mass is 16.2. The summed E-state index contributed by atoms with van der Waals surface area (Å²) in [4.78, 5) is 40.9. The van der Waals surface area contributed by atoms with E-state index in [0.29, 0.717) is 24.1 Å². The zero-order valence-corrected chi connectivity index (χ0v) is 17.4. The maximum Gasteiger partial charge on any atom is 0.255 e. The van der Waals surface area contributed by atoms with Crippen molar-refractivity contribution in [2.45, 2.75) is 69.6 Å². The van der Waals surface area contributed by atoms with E-state index in [0.717, 1.165) is 31.7 Å². The number of rotatable bonds is 3. The molecule has 1 aromatic carbocycles. The van der Waals surface area contributed by atoms with E-state index in [-0.39, 0.29) is 24.1 Å². The number of hydrogen-bond acceptors (Lipinski definition) is 5.